The van der Waals surface area contributed by atoms with E-state index in [-0.39, 0.29) is 11.4 Å². The number of carbonyl (C=O) groups excluding carboxylic acids is 1. The Bertz CT molecular complexity index is 545. The van der Waals surface area contributed by atoms with Crippen LogP contribution in [-0.2, 0) is 11.3 Å². The number of ether oxygens (including phenoxy) is 1. The third kappa shape index (κ3) is 3.14. The van der Waals surface area contributed by atoms with E-state index in [4.69, 9.17) is 4.74 Å². The van der Waals surface area contributed by atoms with Gasteiger partial charge in [0, 0.05) is 61.4 Å². The van der Waals surface area contributed by atoms with Gasteiger partial charge in [0.05, 0.1) is 13.2 Å². The fourth-order valence-electron chi connectivity index (χ4n) is 3.51. The summed E-state index contributed by atoms with van der Waals surface area (Å²) >= 11 is 1.87. The van der Waals surface area contributed by atoms with E-state index in [9.17, 15) is 4.79 Å². The lowest BCUT2D eigenvalue weighted by molar-refractivity contribution is 0.125. The third-order valence-electron chi connectivity index (χ3n) is 4.76. The molecule has 3 rings (SSSR count). The van der Waals surface area contributed by atoms with E-state index in [1.54, 1.807) is 19.0 Å². The van der Waals surface area contributed by atoms with Gasteiger partial charge in [-0.2, -0.15) is 0 Å². The molecule has 0 unspecified atom stereocenters. The smallest absolute Gasteiger partial charge is 0.316 e. The summed E-state index contributed by atoms with van der Waals surface area (Å²) in [6.45, 7) is 7.51. The van der Waals surface area contributed by atoms with Crippen molar-refractivity contribution in [3.63, 3.8) is 0 Å². The first-order valence-corrected chi connectivity index (χ1v) is 8.61. The minimum absolute atomic E-state index is 0.0210. The van der Waals surface area contributed by atoms with Crippen molar-refractivity contribution in [2.24, 2.45) is 11.3 Å². The number of nitrogens with zero attached hydrogens (tertiary/aromatic N) is 2. The molecule has 3 heterocycles. The standard InChI is InChI=1S/C16H25N3O2S/c1-12-4-5-14(22-12)7-19-6-13-8-21-11-16(13,10-19)9-17-15(20)18(2)3/h4-5,13H,6-11H2,1-3H3,(H,17,20)/t13-,16+/m0/s1. The molecular formula is C16H25N3O2S. The van der Waals surface area contributed by atoms with E-state index >= 15 is 0 Å². The number of amides is 2. The van der Waals surface area contributed by atoms with Crippen molar-refractivity contribution in [2.75, 3.05) is 46.9 Å². The summed E-state index contributed by atoms with van der Waals surface area (Å²) in [6.07, 6.45) is 0. The van der Waals surface area contributed by atoms with Crippen LogP contribution in [0.3, 0.4) is 0 Å². The first-order valence-electron chi connectivity index (χ1n) is 7.79. The van der Waals surface area contributed by atoms with E-state index in [1.807, 2.05) is 11.3 Å². The molecule has 1 aromatic heterocycles. The topological polar surface area (TPSA) is 44.8 Å². The average Bonchev–Trinajstić information content (AvgIpc) is 3.10. The van der Waals surface area contributed by atoms with E-state index in [0.29, 0.717) is 12.5 Å². The van der Waals surface area contributed by atoms with Crippen LogP contribution in [0.15, 0.2) is 12.1 Å². The van der Waals surface area contributed by atoms with Crippen molar-refractivity contribution in [3.8, 4) is 0 Å². The number of rotatable bonds is 4. The number of urea groups is 1. The highest BCUT2D eigenvalue weighted by atomic mass is 32.1. The predicted octanol–water partition coefficient (Wildman–Crippen LogP) is 1.78. The van der Waals surface area contributed by atoms with Gasteiger partial charge in [-0.15, -0.1) is 11.3 Å². The summed E-state index contributed by atoms with van der Waals surface area (Å²) in [6, 6.07) is 4.39. The van der Waals surface area contributed by atoms with E-state index in [0.717, 1.165) is 32.8 Å². The summed E-state index contributed by atoms with van der Waals surface area (Å²) in [7, 11) is 3.55. The molecule has 0 aliphatic carbocycles. The van der Waals surface area contributed by atoms with Gasteiger partial charge >= 0.3 is 6.03 Å². The van der Waals surface area contributed by atoms with Crippen molar-refractivity contribution in [3.05, 3.63) is 21.9 Å². The lowest BCUT2D eigenvalue weighted by Crippen LogP contribution is -2.45. The van der Waals surface area contributed by atoms with Crippen molar-refractivity contribution < 1.29 is 9.53 Å². The van der Waals surface area contributed by atoms with Gasteiger partial charge in [0.1, 0.15) is 0 Å². The molecule has 1 N–H and O–H groups in total. The fourth-order valence-corrected chi connectivity index (χ4v) is 4.45. The van der Waals surface area contributed by atoms with Crippen LogP contribution in [0, 0.1) is 18.3 Å². The minimum atomic E-state index is -0.0210. The summed E-state index contributed by atoms with van der Waals surface area (Å²) < 4.78 is 5.72. The summed E-state index contributed by atoms with van der Waals surface area (Å²) in [5, 5.41) is 3.06. The molecule has 0 spiro atoms. The second-order valence-corrected chi connectivity index (χ2v) is 8.18. The summed E-state index contributed by atoms with van der Waals surface area (Å²) in [5.74, 6) is 0.524. The number of carbonyl (C=O) groups is 1. The van der Waals surface area contributed by atoms with Gasteiger partial charge in [-0.25, -0.2) is 4.79 Å². The lowest BCUT2D eigenvalue weighted by atomic mass is 9.81. The zero-order valence-corrected chi connectivity index (χ0v) is 14.4. The van der Waals surface area contributed by atoms with Gasteiger partial charge in [0.15, 0.2) is 0 Å². The maximum Gasteiger partial charge on any atom is 0.316 e. The van der Waals surface area contributed by atoms with Crippen LogP contribution in [-0.4, -0.2) is 62.8 Å². The quantitative estimate of drug-likeness (QED) is 0.918. The Hall–Kier alpha value is -1.11. The number of fused-ring (bicyclic) bond motifs is 1. The number of thiophene rings is 1. The molecule has 1 aromatic rings. The highest BCUT2D eigenvalue weighted by Crippen LogP contribution is 2.41. The Balaban J connectivity index is 1.62. The molecule has 0 aromatic carbocycles. The molecule has 2 atom stereocenters. The molecular weight excluding hydrogens is 298 g/mol. The molecule has 2 saturated heterocycles. The van der Waals surface area contributed by atoms with Gasteiger partial charge < -0.3 is 15.0 Å². The van der Waals surface area contributed by atoms with Crippen molar-refractivity contribution in [1.82, 2.24) is 15.1 Å². The molecule has 2 amide bonds. The second-order valence-electron chi connectivity index (χ2n) is 6.81. The monoisotopic (exact) mass is 323 g/mol. The minimum Gasteiger partial charge on any atom is -0.380 e. The van der Waals surface area contributed by atoms with Crippen molar-refractivity contribution in [2.45, 2.75) is 13.5 Å². The molecule has 122 valence electrons. The molecule has 22 heavy (non-hydrogen) atoms. The van der Waals surface area contributed by atoms with Gasteiger partial charge in [-0.05, 0) is 19.1 Å². The second kappa shape index (κ2) is 6.18. The first-order chi connectivity index (χ1) is 10.5. The van der Waals surface area contributed by atoms with Crippen LogP contribution in [0.4, 0.5) is 4.79 Å². The summed E-state index contributed by atoms with van der Waals surface area (Å²) in [4.78, 5) is 18.7. The summed E-state index contributed by atoms with van der Waals surface area (Å²) in [5.41, 5.74) is 0.0813. The lowest BCUT2D eigenvalue weighted by Gasteiger charge is -2.28. The van der Waals surface area contributed by atoms with Gasteiger partial charge in [-0.3, -0.25) is 4.90 Å². The first kappa shape index (κ1) is 15.8. The van der Waals surface area contributed by atoms with Crippen molar-refractivity contribution >= 4 is 17.4 Å². The van der Waals surface area contributed by atoms with Gasteiger partial charge in [0.25, 0.3) is 0 Å². The number of nitrogens with one attached hydrogen (secondary N) is 1. The van der Waals surface area contributed by atoms with Crippen LogP contribution in [0.1, 0.15) is 9.75 Å². The number of hydrogen-bond donors (Lipinski definition) is 1. The average molecular weight is 323 g/mol. The van der Waals surface area contributed by atoms with Crippen LogP contribution in [0.2, 0.25) is 0 Å². The van der Waals surface area contributed by atoms with Gasteiger partial charge in [-0.1, -0.05) is 0 Å². The fraction of sp³-hybridized carbons (Fsp3) is 0.688. The zero-order chi connectivity index (χ0) is 15.7. The molecule has 2 aliphatic rings. The Morgan fingerprint density at radius 1 is 1.55 bits per heavy atom. The highest BCUT2D eigenvalue weighted by Gasteiger charge is 2.50. The zero-order valence-electron chi connectivity index (χ0n) is 13.6. The van der Waals surface area contributed by atoms with Crippen LogP contribution >= 0.6 is 11.3 Å². The molecule has 2 aliphatic heterocycles. The maximum absolute atomic E-state index is 11.8. The number of aryl methyl sites for hydroxylation is 1. The largest absolute Gasteiger partial charge is 0.380 e. The Labute approximate surface area is 136 Å². The number of likely N-dealkylation sites (tertiary alicyclic amines) is 1. The molecule has 0 bridgehead atoms. The highest BCUT2D eigenvalue weighted by molar-refractivity contribution is 7.11. The van der Waals surface area contributed by atoms with Crippen LogP contribution < -0.4 is 5.32 Å². The van der Waals surface area contributed by atoms with Gasteiger partial charge in [0.2, 0.25) is 0 Å². The molecule has 2 fully saturated rings. The Kier molecular flexibility index (Phi) is 4.43. The number of hydrogen-bond acceptors (Lipinski definition) is 4. The third-order valence-corrected chi connectivity index (χ3v) is 5.75. The normalized spacial score (nSPS) is 27.9. The Morgan fingerprint density at radius 3 is 3.05 bits per heavy atom. The maximum atomic E-state index is 11.8. The van der Waals surface area contributed by atoms with Crippen LogP contribution in [0.25, 0.3) is 0 Å². The van der Waals surface area contributed by atoms with E-state index in [2.05, 4.69) is 29.3 Å². The van der Waals surface area contributed by atoms with Crippen LogP contribution in [0.5, 0.6) is 0 Å². The Morgan fingerprint density at radius 2 is 2.36 bits per heavy atom. The molecule has 6 heteroatoms. The molecule has 0 radical (unpaired) electrons. The molecule has 5 nitrogen and oxygen atoms in total. The predicted molar refractivity (Wildman–Crippen MR) is 88.2 cm³/mol. The van der Waals surface area contributed by atoms with E-state index < -0.39 is 0 Å². The van der Waals surface area contributed by atoms with Crippen molar-refractivity contribution in [1.29, 1.82) is 0 Å². The SMILES string of the molecule is Cc1ccc(CN2C[C@H]3COC[C@@]3(CNC(=O)N(C)C)C2)s1. The molecule has 0 saturated carbocycles. The van der Waals surface area contributed by atoms with E-state index in [1.165, 1.54) is 9.75 Å².